The van der Waals surface area contributed by atoms with Gasteiger partial charge >= 0.3 is 12.1 Å². The van der Waals surface area contributed by atoms with Crippen LogP contribution < -0.4 is 0 Å². The molecule has 0 spiro atoms. The van der Waals surface area contributed by atoms with E-state index in [1.54, 1.807) is 0 Å². The molecule has 0 aliphatic rings. The van der Waals surface area contributed by atoms with Crippen molar-refractivity contribution in [3.05, 3.63) is 0 Å². The first-order valence-electron chi connectivity index (χ1n) is 15.4. The van der Waals surface area contributed by atoms with Gasteiger partial charge in [-0.3, -0.25) is 4.79 Å². The van der Waals surface area contributed by atoms with E-state index in [1.807, 2.05) is 13.8 Å². The number of unbranched alkanes of at least 4 members (excludes halogenated alkanes) is 22. The van der Waals surface area contributed by atoms with Crippen molar-refractivity contribution in [2.45, 2.75) is 175 Å². The molecule has 0 rings (SSSR count). The predicted molar refractivity (Wildman–Crippen MR) is 149 cm³/mol. The van der Waals surface area contributed by atoms with Gasteiger partial charge in [0.1, 0.15) is 0 Å². The minimum absolute atomic E-state index is 0.238. The van der Waals surface area contributed by atoms with Crippen LogP contribution in [0.4, 0.5) is 4.79 Å². The summed E-state index contributed by atoms with van der Waals surface area (Å²) >= 11 is 0. The van der Waals surface area contributed by atoms with Crippen LogP contribution in [0, 0.1) is 5.92 Å². The number of rotatable bonds is 26. The van der Waals surface area contributed by atoms with Crippen molar-refractivity contribution in [3.8, 4) is 0 Å². The number of esters is 1. The third-order valence-corrected chi connectivity index (χ3v) is 6.72. The molecule has 0 aromatic rings. The van der Waals surface area contributed by atoms with Crippen LogP contribution in [0.2, 0.25) is 0 Å². The van der Waals surface area contributed by atoms with Crippen LogP contribution in [0.3, 0.4) is 0 Å². The zero-order valence-electron chi connectivity index (χ0n) is 23.9. The smallest absolute Gasteiger partial charge is 0.434 e. The molecule has 0 amide bonds. The third-order valence-electron chi connectivity index (χ3n) is 6.72. The minimum atomic E-state index is -0.863. The van der Waals surface area contributed by atoms with Gasteiger partial charge in [0, 0.05) is 6.42 Å². The van der Waals surface area contributed by atoms with Gasteiger partial charge in [0.15, 0.2) is 0 Å². The van der Waals surface area contributed by atoms with Gasteiger partial charge in [-0.15, -0.1) is 0 Å². The molecule has 0 N–H and O–H groups in total. The molecule has 0 heterocycles. The Morgan fingerprint density at radius 3 is 1.14 bits per heavy atom. The van der Waals surface area contributed by atoms with Gasteiger partial charge in [0.2, 0.25) is 0 Å². The van der Waals surface area contributed by atoms with Crippen molar-refractivity contribution in [3.63, 3.8) is 0 Å². The van der Waals surface area contributed by atoms with Crippen molar-refractivity contribution in [1.82, 2.24) is 0 Å². The normalized spacial score (nSPS) is 11.2. The Labute approximate surface area is 218 Å². The molecular weight excluding hydrogens is 436 g/mol. The van der Waals surface area contributed by atoms with Gasteiger partial charge in [0.25, 0.3) is 0 Å². The Kier molecular flexibility index (Phi) is 26.7. The SMILES string of the molecule is CCCCCCCCCCCCCCCCCCCCCCCCCC(=O)OC(=O)OCC(C)C. The lowest BCUT2D eigenvalue weighted by Crippen LogP contribution is -2.16. The summed E-state index contributed by atoms with van der Waals surface area (Å²) in [4.78, 5) is 22.9. The number of carbonyl (C=O) groups excluding carboxylic acids is 2. The maximum atomic E-state index is 11.6. The van der Waals surface area contributed by atoms with E-state index in [1.165, 1.54) is 128 Å². The monoisotopic (exact) mass is 496 g/mol. The largest absolute Gasteiger partial charge is 0.516 e. The zero-order valence-corrected chi connectivity index (χ0v) is 23.9. The van der Waals surface area contributed by atoms with Crippen molar-refractivity contribution < 1.29 is 19.1 Å². The first-order valence-corrected chi connectivity index (χ1v) is 15.4. The Balaban J connectivity index is 3.17. The quantitative estimate of drug-likeness (QED) is 0.0678. The van der Waals surface area contributed by atoms with E-state index in [-0.39, 0.29) is 12.5 Å². The lowest BCUT2D eigenvalue weighted by atomic mass is 10.0. The molecule has 0 radical (unpaired) electrons. The van der Waals surface area contributed by atoms with Crippen LogP contribution in [0.25, 0.3) is 0 Å². The average molecular weight is 497 g/mol. The van der Waals surface area contributed by atoms with E-state index in [0.29, 0.717) is 6.42 Å². The second-order valence-corrected chi connectivity index (χ2v) is 11.0. The summed E-state index contributed by atoms with van der Waals surface area (Å²) in [5, 5.41) is 0. The van der Waals surface area contributed by atoms with Crippen LogP contribution >= 0.6 is 0 Å². The van der Waals surface area contributed by atoms with Crippen molar-refractivity contribution >= 4 is 12.1 Å². The summed E-state index contributed by atoms with van der Waals surface area (Å²) in [5.41, 5.74) is 0. The van der Waals surface area contributed by atoms with Gasteiger partial charge in [-0.1, -0.05) is 162 Å². The topological polar surface area (TPSA) is 52.6 Å². The summed E-state index contributed by atoms with van der Waals surface area (Å²) in [6.07, 6.45) is 30.5. The highest BCUT2D eigenvalue weighted by Crippen LogP contribution is 2.15. The fraction of sp³-hybridized carbons (Fsp3) is 0.935. The molecule has 208 valence electrons. The summed E-state index contributed by atoms with van der Waals surface area (Å²) < 4.78 is 9.50. The molecule has 0 atom stereocenters. The molecule has 0 aliphatic carbocycles. The number of hydrogen-bond acceptors (Lipinski definition) is 4. The summed E-state index contributed by atoms with van der Waals surface area (Å²) in [5.74, 6) is -0.232. The molecule has 0 aliphatic heterocycles. The Hall–Kier alpha value is -1.06. The van der Waals surface area contributed by atoms with Crippen LogP contribution in [0.15, 0.2) is 0 Å². The summed E-state index contributed by atoms with van der Waals surface area (Å²) in [6, 6.07) is 0. The fourth-order valence-electron chi connectivity index (χ4n) is 4.46. The number of ether oxygens (including phenoxy) is 2. The molecule has 0 saturated heterocycles. The molecule has 0 aromatic heterocycles. The molecule has 0 bridgehead atoms. The van der Waals surface area contributed by atoms with E-state index in [9.17, 15) is 9.59 Å². The van der Waals surface area contributed by atoms with Gasteiger partial charge in [-0.2, -0.15) is 0 Å². The first-order chi connectivity index (χ1) is 17.1. The maximum Gasteiger partial charge on any atom is 0.516 e. The molecule has 35 heavy (non-hydrogen) atoms. The van der Waals surface area contributed by atoms with Crippen molar-refractivity contribution in [1.29, 1.82) is 0 Å². The molecule has 0 aromatic carbocycles. The second-order valence-electron chi connectivity index (χ2n) is 11.0. The van der Waals surface area contributed by atoms with Gasteiger partial charge in [0.05, 0.1) is 6.61 Å². The molecular formula is C31H60O4. The first kappa shape index (κ1) is 33.9. The van der Waals surface area contributed by atoms with E-state index in [2.05, 4.69) is 11.7 Å². The van der Waals surface area contributed by atoms with Crippen molar-refractivity contribution in [2.24, 2.45) is 5.92 Å². The van der Waals surface area contributed by atoms with E-state index >= 15 is 0 Å². The molecule has 0 fully saturated rings. The van der Waals surface area contributed by atoms with Gasteiger partial charge < -0.3 is 9.47 Å². The standard InChI is InChI=1S/C31H60O4/c1-4-5-6-7-8-9-10-11-12-13-14-15-16-17-18-19-20-21-22-23-24-25-26-27-30(32)35-31(33)34-28-29(2)3/h29H,4-28H2,1-3H3. The number of carbonyl (C=O) groups is 2. The molecule has 0 unspecified atom stereocenters. The van der Waals surface area contributed by atoms with Crippen LogP contribution in [-0.4, -0.2) is 18.7 Å². The van der Waals surface area contributed by atoms with E-state index < -0.39 is 12.1 Å². The Morgan fingerprint density at radius 1 is 0.514 bits per heavy atom. The Bertz CT molecular complexity index is 461. The predicted octanol–water partition coefficient (Wildman–Crippen LogP) is 10.7. The minimum Gasteiger partial charge on any atom is -0.434 e. The lowest BCUT2D eigenvalue weighted by Gasteiger charge is -2.06. The lowest BCUT2D eigenvalue weighted by molar-refractivity contribution is -0.140. The fourth-order valence-corrected chi connectivity index (χ4v) is 4.46. The second kappa shape index (κ2) is 27.5. The van der Waals surface area contributed by atoms with Crippen LogP contribution in [0.5, 0.6) is 0 Å². The van der Waals surface area contributed by atoms with Crippen molar-refractivity contribution in [2.75, 3.05) is 6.61 Å². The summed E-state index contributed by atoms with van der Waals surface area (Å²) in [7, 11) is 0. The molecule has 0 saturated carbocycles. The molecule has 4 heteroatoms. The highest BCUT2D eigenvalue weighted by molar-refractivity contribution is 5.81. The Morgan fingerprint density at radius 2 is 0.829 bits per heavy atom. The number of hydrogen-bond donors (Lipinski definition) is 0. The zero-order chi connectivity index (χ0) is 25.8. The van der Waals surface area contributed by atoms with Crippen LogP contribution in [-0.2, 0) is 14.3 Å². The van der Waals surface area contributed by atoms with E-state index in [4.69, 9.17) is 4.74 Å². The summed E-state index contributed by atoms with van der Waals surface area (Å²) in [6.45, 7) is 6.45. The van der Waals surface area contributed by atoms with E-state index in [0.717, 1.165) is 19.3 Å². The average Bonchev–Trinajstić information content (AvgIpc) is 2.83. The highest BCUT2D eigenvalue weighted by atomic mass is 16.7. The maximum absolute atomic E-state index is 11.6. The molecule has 4 nitrogen and oxygen atoms in total. The highest BCUT2D eigenvalue weighted by Gasteiger charge is 2.11. The third kappa shape index (κ3) is 29.1. The van der Waals surface area contributed by atoms with Crippen LogP contribution in [0.1, 0.15) is 175 Å². The van der Waals surface area contributed by atoms with Gasteiger partial charge in [-0.05, 0) is 12.3 Å². The van der Waals surface area contributed by atoms with Gasteiger partial charge in [-0.25, -0.2) is 4.79 Å².